The minimum atomic E-state index is -0.347. The molecule has 1 aromatic rings. The Morgan fingerprint density at radius 1 is 1.30 bits per heavy atom. The van der Waals surface area contributed by atoms with E-state index in [0.717, 1.165) is 11.3 Å². The first-order valence-electron chi connectivity index (χ1n) is 7.64. The van der Waals surface area contributed by atoms with Crippen LogP contribution in [-0.2, 0) is 9.53 Å². The number of rotatable bonds is 5. The Bertz CT molecular complexity index is 623. The smallest absolute Gasteiger partial charge is 0.338 e. The minimum absolute atomic E-state index is 0.114. The highest BCUT2D eigenvalue weighted by atomic mass is 32.1. The number of thiocarbonyl (C=S) groups is 1. The highest BCUT2D eigenvalue weighted by molar-refractivity contribution is 7.80. The molecule has 0 aromatic heterocycles. The highest BCUT2D eigenvalue weighted by Crippen LogP contribution is 2.29. The van der Waals surface area contributed by atoms with Gasteiger partial charge in [-0.05, 0) is 57.6 Å². The number of esters is 1. The molecule has 1 heterocycles. The van der Waals surface area contributed by atoms with E-state index in [-0.39, 0.29) is 18.1 Å². The van der Waals surface area contributed by atoms with Gasteiger partial charge in [-0.25, -0.2) is 4.79 Å². The summed E-state index contributed by atoms with van der Waals surface area (Å²) in [6.45, 7) is 7.89. The molecular weight excluding hydrogens is 312 g/mol. The molecule has 1 aliphatic rings. The van der Waals surface area contributed by atoms with Crippen LogP contribution < -0.4 is 15.4 Å². The van der Waals surface area contributed by atoms with E-state index in [1.165, 1.54) is 0 Å². The maximum absolute atomic E-state index is 12.3. The number of ether oxygens (including phenoxy) is 2. The van der Waals surface area contributed by atoms with Crippen LogP contribution in [0.15, 0.2) is 35.5 Å². The molecule has 1 unspecified atom stereocenters. The molecular formula is C17H22N2O3S. The van der Waals surface area contributed by atoms with Gasteiger partial charge in [0, 0.05) is 5.70 Å². The highest BCUT2D eigenvalue weighted by Gasteiger charge is 2.30. The Balaban J connectivity index is 2.32. The fourth-order valence-corrected chi connectivity index (χ4v) is 2.71. The zero-order valence-electron chi connectivity index (χ0n) is 13.8. The van der Waals surface area contributed by atoms with E-state index in [1.807, 2.05) is 45.0 Å². The lowest BCUT2D eigenvalue weighted by Crippen LogP contribution is -2.45. The summed E-state index contributed by atoms with van der Waals surface area (Å²) in [5, 5.41) is 6.60. The average molecular weight is 334 g/mol. The molecule has 0 spiro atoms. The molecule has 0 saturated heterocycles. The van der Waals surface area contributed by atoms with Crippen molar-refractivity contribution in [3.8, 4) is 5.75 Å². The summed E-state index contributed by atoms with van der Waals surface area (Å²) in [5.74, 6) is 0.443. The first kappa shape index (κ1) is 17.3. The quantitative estimate of drug-likeness (QED) is 0.638. The summed E-state index contributed by atoms with van der Waals surface area (Å²) in [6.07, 6.45) is 0.114. The summed E-state index contributed by atoms with van der Waals surface area (Å²) in [7, 11) is 0. The molecule has 0 bridgehead atoms. The zero-order chi connectivity index (χ0) is 17.0. The molecule has 6 heteroatoms. The van der Waals surface area contributed by atoms with Crippen molar-refractivity contribution in [2.75, 3.05) is 6.61 Å². The number of hydrogen-bond donors (Lipinski definition) is 2. The number of benzene rings is 1. The van der Waals surface area contributed by atoms with Crippen molar-refractivity contribution in [1.29, 1.82) is 0 Å². The lowest BCUT2D eigenvalue weighted by atomic mass is 9.95. The van der Waals surface area contributed by atoms with Crippen molar-refractivity contribution < 1.29 is 14.3 Å². The number of allylic oxidation sites excluding steroid dienone is 1. The number of carbonyl (C=O) groups excluding carboxylic acids is 1. The predicted molar refractivity (Wildman–Crippen MR) is 93.1 cm³/mol. The number of carbonyl (C=O) groups is 1. The monoisotopic (exact) mass is 334 g/mol. The molecule has 0 amide bonds. The molecule has 124 valence electrons. The van der Waals surface area contributed by atoms with Crippen LogP contribution in [0.2, 0.25) is 0 Å². The summed E-state index contributed by atoms with van der Waals surface area (Å²) < 4.78 is 10.8. The van der Waals surface area contributed by atoms with Crippen LogP contribution in [-0.4, -0.2) is 23.8 Å². The molecule has 5 nitrogen and oxygen atoms in total. The van der Waals surface area contributed by atoms with Gasteiger partial charge in [-0.15, -0.1) is 0 Å². The molecule has 0 aliphatic carbocycles. The SMILES string of the molecule is CCOC(=O)C1=C(C)NC(=S)NC1c1ccc(OC(C)C)cc1. The van der Waals surface area contributed by atoms with Crippen molar-refractivity contribution in [1.82, 2.24) is 10.6 Å². The standard InChI is InChI=1S/C17H22N2O3S/c1-5-21-16(20)14-11(4)18-17(23)19-15(14)12-6-8-13(9-7-12)22-10(2)3/h6-10,15H,5H2,1-4H3,(H2,18,19,23). The summed E-state index contributed by atoms with van der Waals surface area (Å²) in [6, 6.07) is 7.29. The zero-order valence-corrected chi connectivity index (χ0v) is 14.6. The van der Waals surface area contributed by atoms with Crippen molar-refractivity contribution in [2.24, 2.45) is 0 Å². The van der Waals surface area contributed by atoms with E-state index in [2.05, 4.69) is 10.6 Å². The lowest BCUT2D eigenvalue weighted by molar-refractivity contribution is -0.139. The minimum Gasteiger partial charge on any atom is -0.491 e. The van der Waals surface area contributed by atoms with E-state index in [0.29, 0.717) is 23.0 Å². The largest absolute Gasteiger partial charge is 0.491 e. The lowest BCUT2D eigenvalue weighted by Gasteiger charge is -2.29. The van der Waals surface area contributed by atoms with Gasteiger partial charge in [0.1, 0.15) is 5.75 Å². The van der Waals surface area contributed by atoms with Crippen LogP contribution in [0.1, 0.15) is 39.3 Å². The normalized spacial score (nSPS) is 17.6. The Morgan fingerprint density at radius 2 is 1.96 bits per heavy atom. The molecule has 0 fully saturated rings. The van der Waals surface area contributed by atoms with Crippen LogP contribution in [0.5, 0.6) is 5.75 Å². The third kappa shape index (κ3) is 4.22. The average Bonchev–Trinajstić information content (AvgIpc) is 2.46. The van der Waals surface area contributed by atoms with E-state index in [1.54, 1.807) is 6.92 Å². The number of hydrogen-bond acceptors (Lipinski definition) is 4. The summed E-state index contributed by atoms with van der Waals surface area (Å²) in [4.78, 5) is 12.3. The van der Waals surface area contributed by atoms with Crippen LogP contribution in [0, 0.1) is 0 Å². The fraction of sp³-hybridized carbons (Fsp3) is 0.412. The van der Waals surface area contributed by atoms with E-state index in [9.17, 15) is 4.79 Å². The summed E-state index contributed by atoms with van der Waals surface area (Å²) >= 11 is 5.21. The predicted octanol–water partition coefficient (Wildman–Crippen LogP) is 2.83. The molecule has 23 heavy (non-hydrogen) atoms. The topological polar surface area (TPSA) is 59.6 Å². The third-order valence-electron chi connectivity index (χ3n) is 3.35. The first-order chi connectivity index (χ1) is 10.9. The van der Waals surface area contributed by atoms with Crippen molar-refractivity contribution in [2.45, 2.75) is 39.8 Å². The molecule has 2 N–H and O–H groups in total. The third-order valence-corrected chi connectivity index (χ3v) is 3.57. The van der Waals surface area contributed by atoms with Gasteiger partial charge in [0.05, 0.1) is 24.3 Å². The van der Waals surface area contributed by atoms with Crippen LogP contribution >= 0.6 is 12.2 Å². The second-order valence-electron chi connectivity index (χ2n) is 5.53. The maximum atomic E-state index is 12.3. The first-order valence-corrected chi connectivity index (χ1v) is 8.05. The molecule has 2 rings (SSSR count). The molecule has 1 aliphatic heterocycles. The van der Waals surface area contributed by atoms with Crippen LogP contribution in [0.4, 0.5) is 0 Å². The van der Waals surface area contributed by atoms with Gasteiger partial charge in [-0.1, -0.05) is 12.1 Å². The van der Waals surface area contributed by atoms with Gasteiger partial charge in [-0.2, -0.15) is 0 Å². The second-order valence-corrected chi connectivity index (χ2v) is 5.93. The van der Waals surface area contributed by atoms with Gasteiger partial charge < -0.3 is 20.1 Å². The molecule has 1 atom stereocenters. The Kier molecular flexibility index (Phi) is 5.60. The van der Waals surface area contributed by atoms with Crippen molar-refractivity contribution >= 4 is 23.3 Å². The molecule has 0 radical (unpaired) electrons. The van der Waals surface area contributed by atoms with E-state index >= 15 is 0 Å². The Morgan fingerprint density at radius 3 is 2.52 bits per heavy atom. The van der Waals surface area contributed by atoms with Gasteiger partial charge in [0.15, 0.2) is 5.11 Å². The Hall–Kier alpha value is -2.08. The molecule has 1 aromatic carbocycles. The summed E-state index contributed by atoms with van der Waals surface area (Å²) in [5.41, 5.74) is 2.17. The van der Waals surface area contributed by atoms with E-state index in [4.69, 9.17) is 21.7 Å². The molecule has 0 saturated carbocycles. The van der Waals surface area contributed by atoms with Gasteiger partial charge in [-0.3, -0.25) is 0 Å². The van der Waals surface area contributed by atoms with Gasteiger partial charge >= 0.3 is 5.97 Å². The second kappa shape index (κ2) is 7.46. The van der Waals surface area contributed by atoms with Crippen LogP contribution in [0.25, 0.3) is 0 Å². The van der Waals surface area contributed by atoms with Crippen molar-refractivity contribution in [3.05, 3.63) is 41.1 Å². The van der Waals surface area contributed by atoms with Crippen LogP contribution in [0.3, 0.4) is 0 Å². The maximum Gasteiger partial charge on any atom is 0.338 e. The number of nitrogens with one attached hydrogen (secondary N) is 2. The Labute approximate surface area is 142 Å². The van der Waals surface area contributed by atoms with Crippen molar-refractivity contribution in [3.63, 3.8) is 0 Å². The van der Waals surface area contributed by atoms with E-state index < -0.39 is 0 Å². The van der Waals surface area contributed by atoms with Gasteiger partial charge in [0.2, 0.25) is 0 Å². The fourth-order valence-electron chi connectivity index (χ4n) is 2.43. The van der Waals surface area contributed by atoms with Gasteiger partial charge in [0.25, 0.3) is 0 Å².